The largest absolute Gasteiger partial charge is 0.397 e. The van der Waals surface area contributed by atoms with Gasteiger partial charge in [0.05, 0.1) is 18.0 Å². The zero-order valence-electron chi connectivity index (χ0n) is 8.29. The van der Waals surface area contributed by atoms with Crippen molar-refractivity contribution in [1.82, 2.24) is 0 Å². The summed E-state index contributed by atoms with van der Waals surface area (Å²) in [6.45, 7) is 0.966. The number of nitrogens with two attached hydrogens (primary N) is 3. The van der Waals surface area contributed by atoms with E-state index >= 15 is 0 Å². The number of nitrogen functional groups attached to an aromatic ring is 2. The standard InChI is InChI=1S/C9H15N5O/c10-7-5-6(9(11)12)1-2-8(7)14-3-4-15-13/h1-2,5,14H,3-4,10,13H2,(H3,11,12). The highest BCUT2D eigenvalue weighted by molar-refractivity contribution is 5.96. The Balaban J connectivity index is 2.70. The lowest BCUT2D eigenvalue weighted by Gasteiger charge is -2.09. The lowest BCUT2D eigenvalue weighted by Crippen LogP contribution is -2.14. The molecule has 8 N–H and O–H groups in total. The first-order valence-electron chi connectivity index (χ1n) is 4.44. The second-order valence-electron chi connectivity index (χ2n) is 3.01. The maximum absolute atomic E-state index is 7.24. The van der Waals surface area contributed by atoms with E-state index in [1.165, 1.54) is 0 Å². The van der Waals surface area contributed by atoms with Gasteiger partial charge >= 0.3 is 0 Å². The zero-order valence-corrected chi connectivity index (χ0v) is 8.29. The lowest BCUT2D eigenvalue weighted by atomic mass is 10.1. The topological polar surface area (TPSA) is 123 Å². The van der Waals surface area contributed by atoms with Gasteiger partial charge < -0.3 is 21.6 Å². The fourth-order valence-electron chi connectivity index (χ4n) is 1.14. The van der Waals surface area contributed by atoms with Gasteiger partial charge in [-0.15, -0.1) is 0 Å². The Morgan fingerprint density at radius 2 is 2.20 bits per heavy atom. The molecule has 0 aromatic heterocycles. The van der Waals surface area contributed by atoms with Gasteiger partial charge in [-0.3, -0.25) is 5.41 Å². The van der Waals surface area contributed by atoms with E-state index in [0.29, 0.717) is 24.4 Å². The van der Waals surface area contributed by atoms with Crippen molar-refractivity contribution < 1.29 is 4.84 Å². The molecule has 6 nitrogen and oxygen atoms in total. The molecule has 0 saturated heterocycles. The maximum atomic E-state index is 7.24. The molecule has 0 radical (unpaired) electrons. The van der Waals surface area contributed by atoms with E-state index in [1.54, 1.807) is 18.2 Å². The van der Waals surface area contributed by atoms with Gasteiger partial charge in [-0.2, -0.15) is 0 Å². The Labute approximate surface area is 87.8 Å². The fourth-order valence-corrected chi connectivity index (χ4v) is 1.14. The van der Waals surface area contributed by atoms with E-state index in [-0.39, 0.29) is 5.84 Å². The first-order valence-corrected chi connectivity index (χ1v) is 4.44. The Morgan fingerprint density at radius 3 is 2.73 bits per heavy atom. The number of rotatable bonds is 5. The third-order valence-electron chi connectivity index (χ3n) is 1.90. The molecule has 0 atom stereocenters. The predicted molar refractivity (Wildman–Crippen MR) is 60.5 cm³/mol. The maximum Gasteiger partial charge on any atom is 0.122 e. The van der Waals surface area contributed by atoms with Gasteiger partial charge in [0.15, 0.2) is 0 Å². The quantitative estimate of drug-likeness (QED) is 0.152. The van der Waals surface area contributed by atoms with Crippen LogP contribution in [0, 0.1) is 5.41 Å². The number of hydrogen-bond donors (Lipinski definition) is 5. The highest BCUT2D eigenvalue weighted by atomic mass is 16.6. The summed E-state index contributed by atoms with van der Waals surface area (Å²) in [5.41, 5.74) is 13.0. The average Bonchev–Trinajstić information content (AvgIpc) is 2.20. The number of anilines is 2. The Morgan fingerprint density at radius 1 is 1.47 bits per heavy atom. The van der Waals surface area contributed by atoms with Crippen LogP contribution in [-0.4, -0.2) is 19.0 Å². The van der Waals surface area contributed by atoms with Crippen molar-refractivity contribution >= 4 is 17.2 Å². The summed E-state index contributed by atoms with van der Waals surface area (Å²) in [6.07, 6.45) is 0. The molecule has 1 aromatic carbocycles. The second kappa shape index (κ2) is 5.18. The third-order valence-corrected chi connectivity index (χ3v) is 1.90. The molecule has 0 aliphatic carbocycles. The molecular formula is C9H15N5O. The van der Waals surface area contributed by atoms with Gasteiger partial charge in [0.2, 0.25) is 0 Å². The summed E-state index contributed by atoms with van der Waals surface area (Å²) in [4.78, 5) is 4.41. The number of hydrogen-bond acceptors (Lipinski definition) is 5. The molecule has 0 aliphatic heterocycles. The van der Waals surface area contributed by atoms with Crippen LogP contribution in [0.15, 0.2) is 18.2 Å². The van der Waals surface area contributed by atoms with E-state index in [2.05, 4.69) is 10.2 Å². The molecule has 0 amide bonds. The normalized spacial score (nSPS) is 9.93. The van der Waals surface area contributed by atoms with Crippen LogP contribution in [0.3, 0.4) is 0 Å². The first-order chi connectivity index (χ1) is 7.15. The summed E-state index contributed by atoms with van der Waals surface area (Å²) >= 11 is 0. The third kappa shape index (κ3) is 3.12. The number of amidine groups is 1. The van der Waals surface area contributed by atoms with E-state index in [0.717, 1.165) is 5.69 Å². The molecule has 15 heavy (non-hydrogen) atoms. The Bertz CT molecular complexity index is 352. The minimum Gasteiger partial charge on any atom is -0.397 e. The van der Waals surface area contributed by atoms with Crippen molar-refractivity contribution in [3.63, 3.8) is 0 Å². The summed E-state index contributed by atoms with van der Waals surface area (Å²) < 4.78 is 0. The molecular weight excluding hydrogens is 194 g/mol. The van der Waals surface area contributed by atoms with E-state index in [9.17, 15) is 0 Å². The smallest absolute Gasteiger partial charge is 0.122 e. The Hall–Kier alpha value is -1.79. The van der Waals surface area contributed by atoms with Crippen LogP contribution in [-0.2, 0) is 4.84 Å². The molecule has 0 bridgehead atoms. The van der Waals surface area contributed by atoms with E-state index in [4.69, 9.17) is 22.8 Å². The van der Waals surface area contributed by atoms with Crippen molar-refractivity contribution in [3.05, 3.63) is 23.8 Å². The molecule has 0 aliphatic rings. The number of benzene rings is 1. The first kappa shape index (κ1) is 11.3. The van der Waals surface area contributed by atoms with Crippen LogP contribution < -0.4 is 22.7 Å². The van der Waals surface area contributed by atoms with Crippen molar-refractivity contribution in [1.29, 1.82) is 5.41 Å². The summed E-state index contributed by atoms with van der Waals surface area (Å²) in [7, 11) is 0. The van der Waals surface area contributed by atoms with Crippen LogP contribution in [0.5, 0.6) is 0 Å². The van der Waals surface area contributed by atoms with Crippen LogP contribution in [0.2, 0.25) is 0 Å². The lowest BCUT2D eigenvalue weighted by molar-refractivity contribution is 0.148. The monoisotopic (exact) mass is 209 g/mol. The van der Waals surface area contributed by atoms with Crippen LogP contribution in [0.4, 0.5) is 11.4 Å². The molecule has 0 saturated carbocycles. The van der Waals surface area contributed by atoms with Gasteiger partial charge in [0, 0.05) is 12.1 Å². The van der Waals surface area contributed by atoms with Crippen LogP contribution >= 0.6 is 0 Å². The second-order valence-corrected chi connectivity index (χ2v) is 3.01. The van der Waals surface area contributed by atoms with Crippen molar-refractivity contribution in [2.75, 3.05) is 24.2 Å². The van der Waals surface area contributed by atoms with E-state index < -0.39 is 0 Å². The predicted octanol–water partition coefficient (Wildman–Crippen LogP) is -0.145. The minimum atomic E-state index is -0.00135. The molecule has 0 heterocycles. The molecule has 82 valence electrons. The summed E-state index contributed by atoms with van der Waals surface area (Å²) in [6, 6.07) is 5.14. The molecule has 0 spiro atoms. The molecule has 1 rings (SSSR count). The van der Waals surface area contributed by atoms with Crippen LogP contribution in [0.25, 0.3) is 0 Å². The van der Waals surface area contributed by atoms with Gasteiger partial charge in [0.1, 0.15) is 5.84 Å². The molecule has 0 unspecified atom stereocenters. The Kier molecular flexibility index (Phi) is 3.90. The van der Waals surface area contributed by atoms with Crippen molar-refractivity contribution in [2.45, 2.75) is 0 Å². The summed E-state index contributed by atoms with van der Waals surface area (Å²) in [5.74, 6) is 4.88. The average molecular weight is 209 g/mol. The highest BCUT2D eigenvalue weighted by Gasteiger charge is 2.01. The fraction of sp³-hybridized carbons (Fsp3) is 0.222. The SMILES string of the molecule is N=C(N)c1ccc(NCCON)c(N)c1. The van der Waals surface area contributed by atoms with Crippen LogP contribution in [0.1, 0.15) is 5.56 Å². The van der Waals surface area contributed by atoms with Crippen molar-refractivity contribution in [3.8, 4) is 0 Å². The van der Waals surface area contributed by atoms with Gasteiger partial charge in [-0.25, -0.2) is 5.90 Å². The van der Waals surface area contributed by atoms with Crippen molar-refractivity contribution in [2.24, 2.45) is 11.6 Å². The van der Waals surface area contributed by atoms with Gasteiger partial charge in [-0.1, -0.05) is 0 Å². The van der Waals surface area contributed by atoms with Gasteiger partial charge in [0.25, 0.3) is 0 Å². The molecule has 0 fully saturated rings. The summed E-state index contributed by atoms with van der Waals surface area (Å²) in [5, 5.41) is 10.3. The highest BCUT2D eigenvalue weighted by Crippen LogP contribution is 2.19. The minimum absolute atomic E-state index is 0.00135. The zero-order chi connectivity index (χ0) is 11.3. The molecule has 1 aromatic rings. The molecule has 6 heteroatoms. The van der Waals surface area contributed by atoms with E-state index in [1.807, 2.05) is 0 Å². The number of nitrogens with one attached hydrogen (secondary N) is 2. The van der Waals surface area contributed by atoms with Gasteiger partial charge in [-0.05, 0) is 18.2 Å².